The van der Waals surface area contributed by atoms with Crippen molar-refractivity contribution < 1.29 is 9.53 Å². The van der Waals surface area contributed by atoms with Gasteiger partial charge in [0, 0.05) is 39.3 Å². The zero-order valence-corrected chi connectivity index (χ0v) is 8.50. The molecule has 2 aliphatic rings. The fourth-order valence-electron chi connectivity index (χ4n) is 1.30. The van der Waals surface area contributed by atoms with Crippen molar-refractivity contribution in [3.05, 3.63) is 0 Å². The molecule has 2 saturated heterocycles. The summed E-state index contributed by atoms with van der Waals surface area (Å²) in [5.41, 5.74) is 0. The van der Waals surface area contributed by atoms with Gasteiger partial charge in [-0.2, -0.15) is 0 Å². The maximum Gasteiger partial charge on any atom is 0.209 e. The van der Waals surface area contributed by atoms with Crippen molar-refractivity contribution in [1.82, 2.24) is 15.5 Å². The lowest BCUT2D eigenvalue weighted by molar-refractivity contribution is -0.118. The number of carbonyl (C=O) groups excluding carboxylic acids is 1. The second-order valence-electron chi connectivity index (χ2n) is 3.25. The van der Waals surface area contributed by atoms with E-state index < -0.39 is 0 Å². The highest BCUT2D eigenvalue weighted by molar-refractivity contribution is 5.47. The summed E-state index contributed by atoms with van der Waals surface area (Å²) in [4.78, 5) is 11.8. The number of morpholine rings is 1. The molecule has 14 heavy (non-hydrogen) atoms. The van der Waals surface area contributed by atoms with Crippen molar-refractivity contribution in [2.75, 3.05) is 52.5 Å². The molecule has 2 heterocycles. The third-order valence-electron chi connectivity index (χ3n) is 2.15. The Labute approximate surface area is 84.8 Å². The van der Waals surface area contributed by atoms with Gasteiger partial charge >= 0.3 is 0 Å². The molecule has 2 rings (SSSR count). The molecule has 5 heteroatoms. The molecule has 82 valence electrons. The van der Waals surface area contributed by atoms with Gasteiger partial charge in [0.1, 0.15) is 0 Å². The van der Waals surface area contributed by atoms with Crippen LogP contribution in [-0.2, 0) is 9.53 Å². The number of nitrogens with one attached hydrogen (secondary N) is 2. The summed E-state index contributed by atoms with van der Waals surface area (Å²) in [6, 6.07) is 0. The Morgan fingerprint density at radius 2 is 1.57 bits per heavy atom. The van der Waals surface area contributed by atoms with Crippen LogP contribution >= 0.6 is 0 Å². The van der Waals surface area contributed by atoms with Gasteiger partial charge in [0.2, 0.25) is 6.41 Å². The number of hydrogen-bond donors (Lipinski definition) is 2. The third-order valence-corrected chi connectivity index (χ3v) is 2.15. The Morgan fingerprint density at radius 1 is 1.00 bits per heavy atom. The highest BCUT2D eigenvalue weighted by Crippen LogP contribution is 1.84. The summed E-state index contributed by atoms with van der Waals surface area (Å²) in [6.45, 7) is 7.45. The summed E-state index contributed by atoms with van der Waals surface area (Å²) in [6.07, 6.45) is 0.904. The van der Waals surface area contributed by atoms with Gasteiger partial charge in [-0.25, -0.2) is 0 Å². The predicted molar refractivity (Wildman–Crippen MR) is 54.2 cm³/mol. The lowest BCUT2D eigenvalue weighted by atomic mass is 10.4. The van der Waals surface area contributed by atoms with Crippen LogP contribution in [0.1, 0.15) is 0 Å². The lowest BCUT2D eigenvalue weighted by Crippen LogP contribution is -2.42. The Morgan fingerprint density at radius 3 is 1.86 bits per heavy atom. The second-order valence-corrected chi connectivity index (χ2v) is 3.25. The van der Waals surface area contributed by atoms with Crippen LogP contribution in [0.15, 0.2) is 0 Å². The highest BCUT2D eigenvalue weighted by atomic mass is 16.5. The van der Waals surface area contributed by atoms with E-state index in [1.54, 1.807) is 4.90 Å². The number of piperazine rings is 1. The van der Waals surface area contributed by atoms with Gasteiger partial charge in [-0.1, -0.05) is 0 Å². The predicted octanol–water partition coefficient (Wildman–Crippen LogP) is -1.35. The first-order chi connectivity index (χ1) is 6.93. The van der Waals surface area contributed by atoms with Gasteiger partial charge in [-0.15, -0.1) is 0 Å². The van der Waals surface area contributed by atoms with Gasteiger partial charge in [-0.05, 0) is 0 Å². The number of nitrogens with zero attached hydrogens (tertiary/aromatic N) is 1. The van der Waals surface area contributed by atoms with Crippen LogP contribution in [0.4, 0.5) is 0 Å². The van der Waals surface area contributed by atoms with Crippen LogP contribution in [0, 0.1) is 0 Å². The first kappa shape index (κ1) is 11.4. The number of rotatable bonds is 1. The van der Waals surface area contributed by atoms with Gasteiger partial charge in [-0.3, -0.25) is 4.79 Å². The van der Waals surface area contributed by atoms with Crippen LogP contribution in [0.2, 0.25) is 0 Å². The Bertz CT molecular complexity index is 133. The Hall–Kier alpha value is -0.650. The quantitative estimate of drug-likeness (QED) is 0.515. The standard InChI is InChI=1S/C5H10N2O.C4H9NO/c8-5-7-3-1-6-2-4-7;1-3-6-4-2-5-1/h5-6H,1-4H2;5H,1-4H2. The molecule has 0 aromatic carbocycles. The number of ether oxygens (including phenoxy) is 1. The SMILES string of the molecule is C1COCCN1.O=CN1CCNCC1. The van der Waals surface area contributed by atoms with E-state index in [2.05, 4.69) is 10.6 Å². The van der Waals surface area contributed by atoms with E-state index in [0.29, 0.717) is 0 Å². The number of amides is 1. The summed E-state index contributed by atoms with van der Waals surface area (Å²) >= 11 is 0. The summed E-state index contributed by atoms with van der Waals surface area (Å²) < 4.78 is 5.01. The van der Waals surface area contributed by atoms with E-state index in [1.807, 2.05) is 0 Å². The molecular weight excluding hydrogens is 182 g/mol. The van der Waals surface area contributed by atoms with Gasteiger partial charge in [0.05, 0.1) is 13.2 Å². The fourth-order valence-corrected chi connectivity index (χ4v) is 1.30. The minimum Gasteiger partial charge on any atom is -0.379 e. The second kappa shape index (κ2) is 7.73. The van der Waals surface area contributed by atoms with Gasteiger partial charge < -0.3 is 20.3 Å². The zero-order valence-electron chi connectivity index (χ0n) is 8.50. The molecule has 0 spiro atoms. The van der Waals surface area contributed by atoms with E-state index in [-0.39, 0.29) is 0 Å². The molecule has 0 saturated carbocycles. The zero-order chi connectivity index (χ0) is 10.1. The molecule has 2 N–H and O–H groups in total. The average Bonchev–Trinajstić information content (AvgIpc) is 2.33. The molecule has 0 unspecified atom stereocenters. The molecule has 1 amide bonds. The number of hydrogen-bond acceptors (Lipinski definition) is 4. The molecular formula is C9H19N3O2. The monoisotopic (exact) mass is 201 g/mol. The molecule has 0 bridgehead atoms. The Balaban J connectivity index is 0.000000146. The van der Waals surface area contributed by atoms with E-state index >= 15 is 0 Å². The van der Waals surface area contributed by atoms with Crippen LogP contribution < -0.4 is 10.6 Å². The van der Waals surface area contributed by atoms with E-state index in [9.17, 15) is 4.79 Å². The summed E-state index contributed by atoms with van der Waals surface area (Å²) in [7, 11) is 0. The van der Waals surface area contributed by atoms with E-state index in [1.165, 1.54) is 0 Å². The van der Waals surface area contributed by atoms with Crippen molar-refractivity contribution in [1.29, 1.82) is 0 Å². The van der Waals surface area contributed by atoms with Crippen molar-refractivity contribution in [3.8, 4) is 0 Å². The average molecular weight is 201 g/mol. The number of carbonyl (C=O) groups is 1. The lowest BCUT2D eigenvalue weighted by Gasteiger charge is -2.22. The van der Waals surface area contributed by atoms with Crippen molar-refractivity contribution in [2.24, 2.45) is 0 Å². The topological polar surface area (TPSA) is 53.6 Å². The van der Waals surface area contributed by atoms with Crippen LogP contribution in [0.3, 0.4) is 0 Å². The molecule has 0 atom stereocenters. The molecule has 0 aromatic heterocycles. The van der Waals surface area contributed by atoms with E-state index in [4.69, 9.17) is 4.74 Å². The summed E-state index contributed by atoms with van der Waals surface area (Å²) in [5, 5.41) is 6.31. The smallest absolute Gasteiger partial charge is 0.209 e. The van der Waals surface area contributed by atoms with Gasteiger partial charge in [0.25, 0.3) is 0 Å². The van der Waals surface area contributed by atoms with Crippen LogP contribution in [-0.4, -0.2) is 63.8 Å². The first-order valence-electron chi connectivity index (χ1n) is 5.12. The molecule has 0 aromatic rings. The highest BCUT2D eigenvalue weighted by Gasteiger charge is 2.04. The van der Waals surface area contributed by atoms with Crippen LogP contribution in [0.25, 0.3) is 0 Å². The van der Waals surface area contributed by atoms with Crippen molar-refractivity contribution in [2.45, 2.75) is 0 Å². The largest absolute Gasteiger partial charge is 0.379 e. The van der Waals surface area contributed by atoms with Crippen molar-refractivity contribution in [3.63, 3.8) is 0 Å². The maximum atomic E-state index is 10.1. The summed E-state index contributed by atoms with van der Waals surface area (Å²) in [5.74, 6) is 0. The van der Waals surface area contributed by atoms with Crippen molar-refractivity contribution >= 4 is 6.41 Å². The molecule has 2 fully saturated rings. The van der Waals surface area contributed by atoms with Gasteiger partial charge in [0.15, 0.2) is 0 Å². The molecule has 2 aliphatic heterocycles. The van der Waals surface area contributed by atoms with E-state index in [0.717, 1.165) is 58.9 Å². The maximum absolute atomic E-state index is 10.1. The third kappa shape index (κ3) is 5.16. The van der Waals surface area contributed by atoms with Crippen LogP contribution in [0.5, 0.6) is 0 Å². The minimum absolute atomic E-state index is 0.865. The molecule has 0 aliphatic carbocycles. The minimum atomic E-state index is 0.865. The Kier molecular flexibility index (Phi) is 6.30. The fraction of sp³-hybridized carbons (Fsp3) is 0.889. The molecule has 5 nitrogen and oxygen atoms in total. The normalized spacial score (nSPS) is 22.1. The molecule has 0 radical (unpaired) electrons. The first-order valence-corrected chi connectivity index (χ1v) is 5.12.